The molecule has 6 nitrogen and oxygen atoms in total. The highest BCUT2D eigenvalue weighted by Crippen LogP contribution is 2.27. The van der Waals surface area contributed by atoms with Crippen molar-refractivity contribution in [1.82, 2.24) is 4.98 Å². The van der Waals surface area contributed by atoms with Crippen molar-refractivity contribution in [3.05, 3.63) is 75.2 Å². The molecule has 0 spiro atoms. The number of halogens is 1. The normalized spacial score (nSPS) is 10.9. The summed E-state index contributed by atoms with van der Waals surface area (Å²) in [5, 5.41) is 14.1. The zero-order chi connectivity index (χ0) is 21.3. The first kappa shape index (κ1) is 21.6. The lowest BCUT2D eigenvalue weighted by Crippen LogP contribution is -2.13. The van der Waals surface area contributed by atoms with Crippen molar-refractivity contribution >= 4 is 44.4 Å². The van der Waals surface area contributed by atoms with Crippen molar-refractivity contribution in [3.8, 4) is 17.6 Å². The summed E-state index contributed by atoms with van der Waals surface area (Å²) in [5.74, 6) is 0.946. The zero-order valence-corrected chi connectivity index (χ0v) is 18.5. The monoisotopic (exact) mass is 483 g/mol. The van der Waals surface area contributed by atoms with Crippen molar-refractivity contribution in [2.75, 3.05) is 18.5 Å². The van der Waals surface area contributed by atoms with Crippen LogP contribution in [0, 0.1) is 18.3 Å². The number of carbonyl (C=O) groups is 1. The molecule has 0 bridgehead atoms. The number of amides is 1. The first-order valence-electron chi connectivity index (χ1n) is 8.99. The molecule has 30 heavy (non-hydrogen) atoms. The number of nitrogens with one attached hydrogen (secondary N) is 1. The van der Waals surface area contributed by atoms with Crippen LogP contribution in [0.25, 0.3) is 6.08 Å². The fourth-order valence-corrected chi connectivity index (χ4v) is 3.54. The van der Waals surface area contributed by atoms with Gasteiger partial charge in [-0.15, -0.1) is 11.3 Å². The second-order valence-corrected chi connectivity index (χ2v) is 7.91. The number of hydrogen-bond acceptors (Lipinski definition) is 6. The Morgan fingerprint density at radius 3 is 2.80 bits per heavy atom. The molecule has 0 fully saturated rings. The predicted molar refractivity (Wildman–Crippen MR) is 121 cm³/mol. The van der Waals surface area contributed by atoms with Crippen LogP contribution >= 0.6 is 27.3 Å². The molecule has 0 aliphatic rings. The number of anilines is 1. The molecular formula is C22H18BrN3O3S. The molecule has 3 aromatic rings. The number of hydrogen-bond donors (Lipinski definition) is 1. The fraction of sp³-hybridized carbons (Fsp3) is 0.136. The predicted octanol–water partition coefficient (Wildman–Crippen LogP) is 5.22. The lowest BCUT2D eigenvalue weighted by atomic mass is 10.1. The first-order valence-corrected chi connectivity index (χ1v) is 10.7. The molecule has 8 heteroatoms. The van der Waals surface area contributed by atoms with E-state index < -0.39 is 5.91 Å². The minimum absolute atomic E-state index is 0.0164. The molecule has 0 aliphatic heterocycles. The highest BCUT2D eigenvalue weighted by Gasteiger charge is 2.11. The standard InChI is InChI=1S/C22H18BrN3O3S/c1-15-3-2-4-18(11-15)28-8-9-29-20-6-5-16(13-19(20)23)12-17(14-24)21(27)26-22-25-7-10-30-22/h2-7,10-13H,8-9H2,1H3,(H,25,26,27)/b17-12-. The quantitative estimate of drug-likeness (QED) is 0.269. The third-order valence-electron chi connectivity index (χ3n) is 3.88. The average Bonchev–Trinajstić information content (AvgIpc) is 3.23. The summed E-state index contributed by atoms with van der Waals surface area (Å²) in [5.41, 5.74) is 1.81. The molecule has 1 aromatic heterocycles. The Balaban J connectivity index is 1.57. The lowest BCUT2D eigenvalue weighted by molar-refractivity contribution is -0.112. The third-order valence-corrected chi connectivity index (χ3v) is 5.19. The SMILES string of the molecule is Cc1cccc(OCCOc2ccc(/C=C(/C#N)C(=O)Nc3nccs3)cc2Br)c1. The van der Waals surface area contributed by atoms with Crippen LogP contribution in [0.2, 0.25) is 0 Å². The maximum Gasteiger partial charge on any atom is 0.268 e. The fourth-order valence-electron chi connectivity index (χ4n) is 2.51. The first-order chi connectivity index (χ1) is 14.5. The Morgan fingerprint density at radius 1 is 1.27 bits per heavy atom. The van der Waals surface area contributed by atoms with E-state index in [-0.39, 0.29) is 5.57 Å². The van der Waals surface area contributed by atoms with Crippen LogP contribution < -0.4 is 14.8 Å². The van der Waals surface area contributed by atoms with E-state index in [1.807, 2.05) is 37.3 Å². The molecule has 0 atom stereocenters. The minimum atomic E-state index is -0.503. The van der Waals surface area contributed by atoms with Crippen molar-refractivity contribution < 1.29 is 14.3 Å². The molecule has 0 aliphatic carbocycles. The van der Waals surface area contributed by atoms with E-state index in [0.29, 0.717) is 34.1 Å². The summed E-state index contributed by atoms with van der Waals surface area (Å²) in [4.78, 5) is 16.2. The van der Waals surface area contributed by atoms with E-state index in [1.54, 1.807) is 29.8 Å². The van der Waals surface area contributed by atoms with Crippen molar-refractivity contribution in [2.45, 2.75) is 6.92 Å². The highest BCUT2D eigenvalue weighted by molar-refractivity contribution is 9.10. The molecule has 0 unspecified atom stereocenters. The molecule has 0 saturated heterocycles. The van der Waals surface area contributed by atoms with Gasteiger partial charge in [0.1, 0.15) is 36.4 Å². The molecule has 3 rings (SSSR count). The van der Waals surface area contributed by atoms with Gasteiger partial charge >= 0.3 is 0 Å². The lowest BCUT2D eigenvalue weighted by Gasteiger charge is -2.10. The number of thiazole rings is 1. The third kappa shape index (κ3) is 6.17. The van der Waals surface area contributed by atoms with Crippen LogP contribution in [0.15, 0.2) is 64.1 Å². The number of ether oxygens (including phenoxy) is 2. The Bertz CT molecular complexity index is 1090. The molecule has 0 saturated carbocycles. The topological polar surface area (TPSA) is 84.2 Å². The number of aryl methyl sites for hydroxylation is 1. The van der Waals surface area contributed by atoms with Crippen LogP contribution in [0.3, 0.4) is 0 Å². The summed E-state index contributed by atoms with van der Waals surface area (Å²) in [6, 6.07) is 15.1. The smallest absolute Gasteiger partial charge is 0.268 e. The minimum Gasteiger partial charge on any atom is -0.490 e. The van der Waals surface area contributed by atoms with E-state index >= 15 is 0 Å². The van der Waals surface area contributed by atoms with Gasteiger partial charge in [-0.05, 0) is 64.3 Å². The van der Waals surface area contributed by atoms with Crippen LogP contribution in [-0.2, 0) is 4.79 Å². The van der Waals surface area contributed by atoms with Gasteiger partial charge in [-0.1, -0.05) is 18.2 Å². The summed E-state index contributed by atoms with van der Waals surface area (Å²) in [6.45, 7) is 2.80. The van der Waals surface area contributed by atoms with Gasteiger partial charge in [0, 0.05) is 11.6 Å². The van der Waals surface area contributed by atoms with Gasteiger partial charge in [-0.25, -0.2) is 4.98 Å². The maximum absolute atomic E-state index is 12.2. The van der Waals surface area contributed by atoms with E-state index in [1.165, 1.54) is 17.4 Å². The van der Waals surface area contributed by atoms with Gasteiger partial charge in [0.25, 0.3) is 5.91 Å². The van der Waals surface area contributed by atoms with E-state index in [2.05, 4.69) is 26.2 Å². The van der Waals surface area contributed by atoms with Crippen molar-refractivity contribution in [1.29, 1.82) is 5.26 Å². The number of aromatic nitrogens is 1. The summed E-state index contributed by atoms with van der Waals surface area (Å²) < 4.78 is 12.1. The number of nitriles is 1. The molecule has 2 aromatic carbocycles. The largest absolute Gasteiger partial charge is 0.490 e. The molecule has 152 valence electrons. The van der Waals surface area contributed by atoms with Crippen LogP contribution in [0.5, 0.6) is 11.5 Å². The van der Waals surface area contributed by atoms with E-state index in [0.717, 1.165) is 11.3 Å². The van der Waals surface area contributed by atoms with Crippen molar-refractivity contribution in [2.24, 2.45) is 0 Å². The Morgan fingerprint density at radius 2 is 2.10 bits per heavy atom. The summed E-state index contributed by atoms with van der Waals surface area (Å²) >= 11 is 4.75. The molecular weight excluding hydrogens is 466 g/mol. The van der Waals surface area contributed by atoms with Gasteiger partial charge in [0.05, 0.1) is 4.47 Å². The second-order valence-electron chi connectivity index (χ2n) is 6.16. The molecule has 1 N–H and O–H groups in total. The van der Waals surface area contributed by atoms with Crippen molar-refractivity contribution in [3.63, 3.8) is 0 Å². The summed E-state index contributed by atoms with van der Waals surface area (Å²) in [6.07, 6.45) is 3.09. The van der Waals surface area contributed by atoms with E-state index in [4.69, 9.17) is 9.47 Å². The molecule has 1 heterocycles. The highest BCUT2D eigenvalue weighted by atomic mass is 79.9. The maximum atomic E-state index is 12.2. The number of nitrogens with zero attached hydrogens (tertiary/aromatic N) is 2. The van der Waals surface area contributed by atoms with E-state index in [9.17, 15) is 10.1 Å². The summed E-state index contributed by atoms with van der Waals surface area (Å²) in [7, 11) is 0. The molecule has 0 radical (unpaired) electrons. The van der Waals surface area contributed by atoms with Crippen LogP contribution in [0.4, 0.5) is 5.13 Å². The zero-order valence-electron chi connectivity index (χ0n) is 16.1. The van der Waals surface area contributed by atoms with Gasteiger partial charge in [-0.3, -0.25) is 10.1 Å². The number of benzene rings is 2. The second kappa shape index (κ2) is 10.6. The average molecular weight is 484 g/mol. The Hall–Kier alpha value is -3.15. The molecule has 1 amide bonds. The number of rotatable bonds is 8. The Labute approximate surface area is 186 Å². The van der Waals surface area contributed by atoms with Gasteiger partial charge in [0.2, 0.25) is 0 Å². The van der Waals surface area contributed by atoms with Crippen LogP contribution in [0.1, 0.15) is 11.1 Å². The van der Waals surface area contributed by atoms with Gasteiger partial charge in [-0.2, -0.15) is 5.26 Å². The van der Waals surface area contributed by atoms with Crippen LogP contribution in [-0.4, -0.2) is 24.1 Å². The Kier molecular flexibility index (Phi) is 7.60. The van der Waals surface area contributed by atoms with Gasteiger partial charge in [0.15, 0.2) is 5.13 Å². The van der Waals surface area contributed by atoms with Gasteiger partial charge < -0.3 is 9.47 Å². The number of carbonyl (C=O) groups excluding carboxylic acids is 1.